The second kappa shape index (κ2) is 5.09. The fraction of sp³-hybridized carbons (Fsp3) is 0.364. The summed E-state index contributed by atoms with van der Waals surface area (Å²) < 4.78 is 26.3. The van der Waals surface area contributed by atoms with E-state index in [0.717, 1.165) is 0 Å². The molecule has 0 saturated carbocycles. The summed E-state index contributed by atoms with van der Waals surface area (Å²) >= 11 is 5.92. The van der Waals surface area contributed by atoms with Crippen LogP contribution in [-0.4, -0.2) is 32.1 Å². The molecule has 3 N–H and O–H groups in total. The number of anilines is 1. The maximum atomic E-state index is 12.0. The Morgan fingerprint density at radius 1 is 1.53 bits per heavy atom. The third-order valence-electron chi connectivity index (χ3n) is 2.64. The van der Waals surface area contributed by atoms with Gasteiger partial charge in [-0.1, -0.05) is 11.6 Å². The van der Waals surface area contributed by atoms with E-state index in [1.54, 1.807) is 0 Å². The summed E-state index contributed by atoms with van der Waals surface area (Å²) in [5, 5.41) is 11.7. The van der Waals surface area contributed by atoms with E-state index in [2.05, 4.69) is 10.0 Å². The molecule has 8 heteroatoms. The highest BCUT2D eigenvalue weighted by Crippen LogP contribution is 2.32. The Hall–Kier alpha value is -1.15. The zero-order valence-corrected chi connectivity index (χ0v) is 11.7. The molecule has 1 aliphatic heterocycles. The van der Waals surface area contributed by atoms with Crippen molar-refractivity contribution in [1.82, 2.24) is 4.72 Å². The van der Waals surface area contributed by atoms with Gasteiger partial charge in [0, 0.05) is 12.2 Å². The Kier molecular flexibility index (Phi) is 3.82. The van der Waals surface area contributed by atoms with Crippen molar-refractivity contribution in [2.75, 3.05) is 11.9 Å². The largest absolute Gasteiger partial charge is 0.392 e. The molecule has 0 fully saturated rings. The Bertz CT molecular complexity index is 628. The smallest absolute Gasteiger partial charge is 0.242 e. The van der Waals surface area contributed by atoms with Crippen LogP contribution >= 0.6 is 11.6 Å². The van der Waals surface area contributed by atoms with Crippen molar-refractivity contribution < 1.29 is 18.3 Å². The lowest BCUT2D eigenvalue weighted by molar-refractivity contribution is -0.115. The minimum absolute atomic E-state index is 0.0269. The molecule has 6 nitrogen and oxygen atoms in total. The summed E-state index contributed by atoms with van der Waals surface area (Å²) in [4.78, 5) is 11.1. The maximum Gasteiger partial charge on any atom is 0.242 e. The molecular weight excluding hydrogens is 292 g/mol. The molecule has 1 heterocycles. The van der Waals surface area contributed by atoms with Gasteiger partial charge < -0.3 is 10.4 Å². The first kappa shape index (κ1) is 14.3. The van der Waals surface area contributed by atoms with Crippen LogP contribution in [-0.2, 0) is 21.2 Å². The van der Waals surface area contributed by atoms with E-state index < -0.39 is 16.1 Å². The molecule has 0 aliphatic carbocycles. The zero-order valence-electron chi connectivity index (χ0n) is 10.1. The molecule has 0 aromatic heterocycles. The normalized spacial score (nSPS) is 16.1. The van der Waals surface area contributed by atoms with Gasteiger partial charge in [-0.2, -0.15) is 0 Å². The molecule has 104 valence electrons. The first-order valence-corrected chi connectivity index (χ1v) is 7.45. The second-order valence-electron chi connectivity index (χ2n) is 4.37. The van der Waals surface area contributed by atoms with Crippen molar-refractivity contribution >= 4 is 33.2 Å². The lowest BCUT2D eigenvalue weighted by Crippen LogP contribution is -2.30. The van der Waals surface area contributed by atoms with Crippen LogP contribution in [0.25, 0.3) is 0 Å². The third-order valence-corrected chi connectivity index (χ3v) is 4.53. The molecule has 1 amide bonds. The predicted molar refractivity (Wildman–Crippen MR) is 70.7 cm³/mol. The first-order valence-electron chi connectivity index (χ1n) is 5.59. The van der Waals surface area contributed by atoms with Gasteiger partial charge in [0.2, 0.25) is 15.9 Å². The molecule has 0 unspecified atom stereocenters. The van der Waals surface area contributed by atoms with E-state index in [1.165, 1.54) is 19.1 Å². The Labute approximate surface area is 115 Å². The molecular formula is C11H13ClN2O4S. The third kappa shape index (κ3) is 3.06. The standard InChI is InChI=1S/C11H13ClN2O4S/c1-6(15)5-13-19(17,18)10-2-7-3-11(16)14-9(7)4-8(10)12/h2,4,6,13,15H,3,5H2,1H3,(H,14,16)/t6-/m0/s1. The topological polar surface area (TPSA) is 95.5 Å². The van der Waals surface area contributed by atoms with Crippen molar-refractivity contribution in [1.29, 1.82) is 0 Å². The van der Waals surface area contributed by atoms with Gasteiger partial charge in [-0.3, -0.25) is 4.79 Å². The fourth-order valence-corrected chi connectivity index (χ4v) is 3.44. The molecule has 1 aromatic rings. The van der Waals surface area contributed by atoms with Crippen molar-refractivity contribution in [3.05, 3.63) is 22.7 Å². The molecule has 0 saturated heterocycles. The highest BCUT2D eigenvalue weighted by atomic mass is 35.5. The summed E-state index contributed by atoms with van der Waals surface area (Å²) in [6.45, 7) is 1.36. The number of carbonyl (C=O) groups excluding carboxylic acids is 1. The molecule has 1 aliphatic rings. The van der Waals surface area contributed by atoms with E-state index in [-0.39, 0.29) is 28.8 Å². The minimum Gasteiger partial charge on any atom is -0.392 e. The number of halogens is 1. The van der Waals surface area contributed by atoms with Gasteiger partial charge in [0.1, 0.15) is 4.90 Å². The molecule has 19 heavy (non-hydrogen) atoms. The Balaban J connectivity index is 2.36. The monoisotopic (exact) mass is 304 g/mol. The van der Waals surface area contributed by atoms with Gasteiger partial charge in [-0.15, -0.1) is 0 Å². The molecule has 0 spiro atoms. The van der Waals surface area contributed by atoms with E-state index >= 15 is 0 Å². The molecule has 1 aromatic carbocycles. The van der Waals surface area contributed by atoms with Gasteiger partial charge in [-0.25, -0.2) is 13.1 Å². The Morgan fingerprint density at radius 2 is 2.21 bits per heavy atom. The van der Waals surface area contributed by atoms with Crippen LogP contribution in [0, 0.1) is 0 Å². The molecule has 0 bridgehead atoms. The van der Waals surface area contributed by atoms with E-state index in [9.17, 15) is 13.2 Å². The van der Waals surface area contributed by atoms with Gasteiger partial charge >= 0.3 is 0 Å². The number of aliphatic hydroxyl groups is 1. The number of hydrogen-bond acceptors (Lipinski definition) is 4. The average Bonchev–Trinajstić information content (AvgIpc) is 2.64. The number of rotatable bonds is 4. The number of nitrogens with one attached hydrogen (secondary N) is 2. The number of sulfonamides is 1. The van der Waals surface area contributed by atoms with Crippen molar-refractivity contribution in [3.8, 4) is 0 Å². The predicted octanol–water partition coefficient (Wildman–Crippen LogP) is 0.494. The van der Waals surface area contributed by atoms with E-state index in [0.29, 0.717) is 11.3 Å². The molecule has 1 atom stereocenters. The highest BCUT2D eigenvalue weighted by molar-refractivity contribution is 7.89. The molecule has 2 rings (SSSR count). The Morgan fingerprint density at radius 3 is 2.84 bits per heavy atom. The lowest BCUT2D eigenvalue weighted by atomic mass is 10.2. The van der Waals surface area contributed by atoms with Crippen LogP contribution in [0.5, 0.6) is 0 Å². The van der Waals surface area contributed by atoms with Crippen LogP contribution < -0.4 is 10.0 Å². The summed E-state index contributed by atoms with van der Waals surface area (Å²) in [6.07, 6.45) is -0.669. The average molecular weight is 305 g/mol. The fourth-order valence-electron chi connectivity index (χ4n) is 1.74. The second-order valence-corrected chi connectivity index (χ2v) is 6.51. The SMILES string of the molecule is C[C@H](O)CNS(=O)(=O)c1cc2c(cc1Cl)NC(=O)C2. The van der Waals surface area contributed by atoms with E-state index in [4.69, 9.17) is 16.7 Å². The van der Waals surface area contributed by atoms with Crippen LogP contribution in [0.2, 0.25) is 5.02 Å². The number of hydrogen-bond donors (Lipinski definition) is 3. The van der Waals surface area contributed by atoms with Crippen LogP contribution in [0.4, 0.5) is 5.69 Å². The van der Waals surface area contributed by atoms with Crippen LogP contribution in [0.15, 0.2) is 17.0 Å². The summed E-state index contributed by atoms with van der Waals surface area (Å²) in [5.41, 5.74) is 1.12. The first-order chi connectivity index (χ1) is 8.79. The van der Waals surface area contributed by atoms with E-state index in [1.807, 2.05) is 0 Å². The summed E-state index contributed by atoms with van der Waals surface area (Å²) in [5.74, 6) is -0.197. The van der Waals surface area contributed by atoms with Crippen LogP contribution in [0.3, 0.4) is 0 Å². The van der Waals surface area contributed by atoms with Gasteiger partial charge in [0.15, 0.2) is 0 Å². The lowest BCUT2D eigenvalue weighted by Gasteiger charge is -2.11. The summed E-state index contributed by atoms with van der Waals surface area (Å²) in [7, 11) is -3.81. The number of benzene rings is 1. The van der Waals surface area contributed by atoms with Gasteiger partial charge in [-0.05, 0) is 24.6 Å². The molecule has 0 radical (unpaired) electrons. The van der Waals surface area contributed by atoms with Crippen molar-refractivity contribution in [2.24, 2.45) is 0 Å². The number of aliphatic hydroxyl groups excluding tert-OH is 1. The van der Waals surface area contributed by atoms with Crippen LogP contribution in [0.1, 0.15) is 12.5 Å². The number of fused-ring (bicyclic) bond motifs is 1. The zero-order chi connectivity index (χ0) is 14.2. The number of carbonyl (C=O) groups is 1. The highest BCUT2D eigenvalue weighted by Gasteiger charge is 2.25. The van der Waals surface area contributed by atoms with Crippen molar-refractivity contribution in [3.63, 3.8) is 0 Å². The van der Waals surface area contributed by atoms with Gasteiger partial charge in [0.25, 0.3) is 0 Å². The number of amides is 1. The quantitative estimate of drug-likeness (QED) is 0.754. The van der Waals surface area contributed by atoms with Gasteiger partial charge in [0.05, 0.1) is 17.5 Å². The summed E-state index contributed by atoms with van der Waals surface area (Å²) in [6, 6.07) is 2.79. The minimum atomic E-state index is -3.81. The maximum absolute atomic E-state index is 12.0. The van der Waals surface area contributed by atoms with Crippen molar-refractivity contribution in [2.45, 2.75) is 24.3 Å².